The highest BCUT2D eigenvalue weighted by atomic mass is 19.4. The minimum absolute atomic E-state index is 0.0577. The van der Waals surface area contributed by atoms with Gasteiger partial charge < -0.3 is 24.4 Å². The van der Waals surface area contributed by atoms with Crippen molar-refractivity contribution in [3.05, 3.63) is 83.9 Å². The fourth-order valence-electron chi connectivity index (χ4n) is 4.55. The summed E-state index contributed by atoms with van der Waals surface area (Å²) < 4.78 is 139. The lowest BCUT2D eigenvalue weighted by molar-refractivity contribution is -0.274. The van der Waals surface area contributed by atoms with E-state index < -0.39 is 55.3 Å². The van der Waals surface area contributed by atoms with Crippen molar-refractivity contribution in [3.63, 3.8) is 0 Å². The number of para-hydroxylation sites is 2. The fraction of sp³-hybridized carbons (Fsp3) is 0.333. The number of alkyl halides is 10. The molecule has 15 heteroatoms. The third kappa shape index (κ3) is 7.49. The molecule has 0 fully saturated rings. The van der Waals surface area contributed by atoms with Gasteiger partial charge in [-0.25, -0.2) is 0 Å². The van der Waals surface area contributed by atoms with E-state index in [-0.39, 0.29) is 24.3 Å². The van der Waals surface area contributed by atoms with E-state index in [2.05, 4.69) is 9.47 Å². The summed E-state index contributed by atoms with van der Waals surface area (Å²) >= 11 is 0. The van der Waals surface area contributed by atoms with E-state index in [4.69, 9.17) is 0 Å². The van der Waals surface area contributed by atoms with E-state index >= 15 is 0 Å². The first-order chi connectivity index (χ1) is 19.5. The summed E-state index contributed by atoms with van der Waals surface area (Å²) in [6, 6.07) is 14.5. The van der Waals surface area contributed by atoms with Crippen LogP contribution in [0.2, 0.25) is 0 Å². The largest absolute Gasteiger partial charge is 0.573 e. The third-order valence-electron chi connectivity index (χ3n) is 6.31. The van der Waals surface area contributed by atoms with Crippen LogP contribution in [0.3, 0.4) is 0 Å². The SMILES string of the molecule is O[C@H](CN1c2ccccc2N(Cc2cccc(OC(F)(F)F)c2)C[C@@H]1c1cccc(OC(F)(F)C(F)F)c1)C(F)(F)F. The van der Waals surface area contributed by atoms with Crippen molar-refractivity contribution >= 4 is 11.4 Å². The Hall–Kier alpha value is -3.88. The summed E-state index contributed by atoms with van der Waals surface area (Å²) in [5.41, 5.74) is 0.967. The van der Waals surface area contributed by atoms with Crippen molar-refractivity contribution < 1.29 is 58.5 Å². The molecule has 3 aromatic carbocycles. The molecule has 1 aliphatic heterocycles. The number of fused-ring (bicyclic) bond motifs is 1. The summed E-state index contributed by atoms with van der Waals surface area (Å²) in [6.45, 7) is -1.19. The first-order valence-electron chi connectivity index (χ1n) is 12.2. The summed E-state index contributed by atoms with van der Waals surface area (Å²) in [5, 5.41) is 9.93. The van der Waals surface area contributed by atoms with E-state index in [1.54, 1.807) is 17.0 Å². The molecule has 0 amide bonds. The van der Waals surface area contributed by atoms with Gasteiger partial charge in [0.1, 0.15) is 11.5 Å². The van der Waals surface area contributed by atoms with Crippen molar-refractivity contribution in [1.82, 2.24) is 0 Å². The molecular formula is C27H22F10N2O3. The van der Waals surface area contributed by atoms with Gasteiger partial charge in [-0.2, -0.15) is 30.7 Å². The van der Waals surface area contributed by atoms with Crippen molar-refractivity contribution in [2.45, 2.75) is 43.8 Å². The Bertz CT molecular complexity index is 1370. The molecule has 42 heavy (non-hydrogen) atoms. The maximum absolute atomic E-state index is 13.6. The average Bonchev–Trinajstić information content (AvgIpc) is 2.88. The Balaban J connectivity index is 1.74. The number of benzene rings is 3. The Morgan fingerprint density at radius 2 is 1.40 bits per heavy atom. The number of aliphatic hydroxyl groups is 1. The zero-order valence-corrected chi connectivity index (χ0v) is 21.2. The Morgan fingerprint density at radius 3 is 2.02 bits per heavy atom. The number of aliphatic hydroxyl groups excluding tert-OH is 1. The molecule has 0 saturated carbocycles. The predicted octanol–water partition coefficient (Wildman–Crippen LogP) is 7.31. The molecule has 3 aromatic rings. The predicted molar refractivity (Wildman–Crippen MR) is 131 cm³/mol. The zero-order valence-electron chi connectivity index (χ0n) is 21.2. The molecule has 2 atom stereocenters. The van der Waals surface area contributed by atoms with Crippen LogP contribution in [-0.2, 0) is 6.54 Å². The van der Waals surface area contributed by atoms with Crippen LogP contribution in [0.15, 0.2) is 72.8 Å². The van der Waals surface area contributed by atoms with Gasteiger partial charge in [-0.1, -0.05) is 36.4 Å². The van der Waals surface area contributed by atoms with Gasteiger partial charge in [0.25, 0.3) is 0 Å². The number of hydrogen-bond acceptors (Lipinski definition) is 5. The molecule has 0 aromatic heterocycles. The summed E-state index contributed by atoms with van der Waals surface area (Å²) in [4.78, 5) is 2.82. The minimum Gasteiger partial charge on any atom is -0.428 e. The topological polar surface area (TPSA) is 45.2 Å². The van der Waals surface area contributed by atoms with E-state index in [1.165, 1.54) is 41.3 Å². The Labute approximate surface area is 232 Å². The molecule has 0 aliphatic carbocycles. The zero-order chi connectivity index (χ0) is 30.9. The average molecular weight is 612 g/mol. The van der Waals surface area contributed by atoms with E-state index in [0.29, 0.717) is 11.3 Å². The van der Waals surface area contributed by atoms with E-state index in [0.717, 1.165) is 24.3 Å². The Kier molecular flexibility index (Phi) is 8.71. The van der Waals surface area contributed by atoms with Crippen LogP contribution in [0.4, 0.5) is 55.3 Å². The van der Waals surface area contributed by atoms with E-state index in [1.807, 2.05) is 0 Å². The first kappa shape index (κ1) is 31.1. The van der Waals surface area contributed by atoms with Gasteiger partial charge in [0.05, 0.1) is 24.0 Å². The van der Waals surface area contributed by atoms with Gasteiger partial charge in [-0.3, -0.25) is 0 Å². The first-order valence-corrected chi connectivity index (χ1v) is 12.2. The van der Waals surface area contributed by atoms with Gasteiger partial charge in [0.2, 0.25) is 0 Å². The number of β-amino-alcohol motifs (C(OH)–C–C–N with tert-alkyl or cyclic N) is 1. The molecule has 0 spiro atoms. The standard InChI is InChI=1S/C27H22F10N2O3/c28-24(29)26(33,34)41-19-8-4-6-17(12-19)22-14-38(13-16-5-3-7-18(11-16)42-27(35,36)37)20-9-1-2-10-21(20)39(22)15-23(40)25(30,31)32/h1-12,22-24,40H,13-15H2/t22-,23-/m1/s1. The summed E-state index contributed by atoms with van der Waals surface area (Å²) in [6.07, 6.45) is -21.8. The lowest BCUT2D eigenvalue weighted by Crippen LogP contribution is -2.49. The van der Waals surface area contributed by atoms with Crippen molar-refractivity contribution in [3.8, 4) is 11.5 Å². The minimum atomic E-state index is -5.01. The second kappa shape index (κ2) is 11.8. The number of anilines is 2. The maximum atomic E-state index is 13.6. The number of halogens is 10. The van der Waals surface area contributed by atoms with Crippen LogP contribution >= 0.6 is 0 Å². The van der Waals surface area contributed by atoms with Crippen LogP contribution in [-0.4, -0.2) is 49.4 Å². The second-order valence-corrected chi connectivity index (χ2v) is 9.33. The number of nitrogens with zero attached hydrogens (tertiary/aromatic N) is 2. The monoisotopic (exact) mass is 612 g/mol. The second-order valence-electron chi connectivity index (χ2n) is 9.33. The number of rotatable bonds is 9. The highest BCUT2D eigenvalue weighted by molar-refractivity contribution is 5.75. The summed E-state index contributed by atoms with van der Waals surface area (Å²) in [5.74, 6) is -1.18. The van der Waals surface area contributed by atoms with Crippen LogP contribution in [0.1, 0.15) is 17.2 Å². The van der Waals surface area contributed by atoms with Gasteiger partial charge in [-0.05, 0) is 47.5 Å². The van der Waals surface area contributed by atoms with Crippen molar-refractivity contribution in [1.29, 1.82) is 0 Å². The molecule has 0 bridgehead atoms. The number of hydrogen-bond donors (Lipinski definition) is 1. The molecule has 0 unspecified atom stereocenters. The molecule has 4 rings (SSSR count). The summed E-state index contributed by atoms with van der Waals surface area (Å²) in [7, 11) is 0. The smallest absolute Gasteiger partial charge is 0.428 e. The number of ether oxygens (including phenoxy) is 2. The molecule has 1 N–H and O–H groups in total. The lowest BCUT2D eigenvalue weighted by Gasteiger charge is -2.45. The molecule has 0 saturated heterocycles. The van der Waals surface area contributed by atoms with Gasteiger partial charge in [0, 0.05) is 13.1 Å². The van der Waals surface area contributed by atoms with Gasteiger partial charge >= 0.3 is 25.1 Å². The van der Waals surface area contributed by atoms with Crippen molar-refractivity contribution in [2.24, 2.45) is 0 Å². The normalized spacial score (nSPS) is 16.8. The van der Waals surface area contributed by atoms with Crippen LogP contribution in [0.5, 0.6) is 11.5 Å². The molecule has 0 radical (unpaired) electrons. The molecule has 1 heterocycles. The quantitative estimate of drug-likeness (QED) is 0.257. The maximum Gasteiger partial charge on any atom is 0.573 e. The van der Waals surface area contributed by atoms with Crippen LogP contribution in [0.25, 0.3) is 0 Å². The highest BCUT2D eigenvalue weighted by Crippen LogP contribution is 2.43. The van der Waals surface area contributed by atoms with Crippen LogP contribution in [0, 0.1) is 0 Å². The lowest BCUT2D eigenvalue weighted by atomic mass is 9.98. The van der Waals surface area contributed by atoms with E-state index in [9.17, 15) is 49.0 Å². The van der Waals surface area contributed by atoms with Crippen molar-refractivity contribution in [2.75, 3.05) is 22.9 Å². The van der Waals surface area contributed by atoms with Gasteiger partial charge in [0.15, 0.2) is 6.10 Å². The van der Waals surface area contributed by atoms with Gasteiger partial charge in [-0.15, -0.1) is 13.2 Å². The molecule has 228 valence electrons. The fourth-order valence-corrected chi connectivity index (χ4v) is 4.55. The third-order valence-corrected chi connectivity index (χ3v) is 6.31. The molecule has 5 nitrogen and oxygen atoms in total. The highest BCUT2D eigenvalue weighted by Gasteiger charge is 2.45. The molecule has 1 aliphatic rings. The van der Waals surface area contributed by atoms with Crippen LogP contribution < -0.4 is 19.3 Å². The Morgan fingerprint density at radius 1 is 0.786 bits per heavy atom. The molecular weight excluding hydrogens is 590 g/mol.